The van der Waals surface area contributed by atoms with E-state index in [2.05, 4.69) is 62.3 Å². The van der Waals surface area contributed by atoms with E-state index in [9.17, 15) is 9.70 Å². The molecule has 1 amide bonds. The monoisotopic (exact) mass is 397 g/mol. The van der Waals surface area contributed by atoms with Gasteiger partial charge in [0.1, 0.15) is 11.3 Å². The third-order valence-electron chi connectivity index (χ3n) is 5.42. The zero-order valence-electron chi connectivity index (χ0n) is 17.4. The summed E-state index contributed by atoms with van der Waals surface area (Å²) < 4.78 is 6.09. The standard InChI is InChI=1S/C26H23NO3/c1-16-11-17(2)26(18(3)12-16)21-6-4-5-20(14-21)24-15-22-13-19(7-9-23(22)30-24)8-10-25(28)27-29/h4-7,9,11-15H,8,10H2,1-3H3. The molecule has 0 bridgehead atoms. The minimum Gasteiger partial charge on any atom is -0.456 e. The fourth-order valence-corrected chi connectivity index (χ4v) is 4.15. The van der Waals surface area contributed by atoms with E-state index in [4.69, 9.17) is 4.42 Å². The summed E-state index contributed by atoms with van der Waals surface area (Å²) in [5.41, 5.74) is 9.01. The number of amides is 1. The van der Waals surface area contributed by atoms with Gasteiger partial charge in [0.2, 0.25) is 0 Å². The molecule has 30 heavy (non-hydrogen) atoms. The molecular formula is C26H23NO3. The molecule has 4 rings (SSSR count). The zero-order valence-corrected chi connectivity index (χ0v) is 17.4. The number of fused-ring (bicyclic) bond motifs is 1. The number of hydrogen-bond acceptors (Lipinski definition) is 3. The maximum absolute atomic E-state index is 11.2. The van der Waals surface area contributed by atoms with Crippen LogP contribution in [0.25, 0.3) is 33.4 Å². The lowest BCUT2D eigenvalue weighted by molar-refractivity contribution is -0.117. The van der Waals surface area contributed by atoms with Crippen LogP contribution in [0.1, 0.15) is 28.7 Å². The second-order valence-electron chi connectivity index (χ2n) is 7.82. The number of aryl methyl sites for hydroxylation is 4. The van der Waals surface area contributed by atoms with Crippen molar-refractivity contribution in [3.05, 3.63) is 87.8 Å². The molecule has 1 aromatic heterocycles. The summed E-state index contributed by atoms with van der Waals surface area (Å²) in [5, 5.41) is 3.43. The van der Waals surface area contributed by atoms with Gasteiger partial charge in [-0.05, 0) is 79.3 Å². The summed E-state index contributed by atoms with van der Waals surface area (Å²) in [4.78, 5) is 21.4. The average molecular weight is 397 g/mol. The summed E-state index contributed by atoms with van der Waals surface area (Å²) in [7, 11) is 0. The van der Waals surface area contributed by atoms with Crippen LogP contribution in [0.5, 0.6) is 0 Å². The molecule has 0 spiro atoms. The Hall–Kier alpha value is -3.53. The molecule has 0 saturated heterocycles. The maximum atomic E-state index is 11.2. The first kappa shape index (κ1) is 19.8. The van der Waals surface area contributed by atoms with Crippen molar-refractivity contribution in [2.45, 2.75) is 33.6 Å². The second kappa shape index (κ2) is 8.07. The first-order valence-corrected chi connectivity index (χ1v) is 10.0. The molecule has 4 heteroatoms. The van der Waals surface area contributed by atoms with Gasteiger partial charge in [0.25, 0.3) is 5.91 Å². The second-order valence-corrected chi connectivity index (χ2v) is 7.82. The minimum atomic E-state index is -0.624. The Labute approximate surface area is 175 Å². The summed E-state index contributed by atoms with van der Waals surface area (Å²) in [6.07, 6.45) is 0.611. The summed E-state index contributed by atoms with van der Waals surface area (Å²) in [6, 6.07) is 20.7. The highest BCUT2D eigenvalue weighted by Gasteiger charge is 2.11. The van der Waals surface area contributed by atoms with E-state index in [0.717, 1.165) is 27.9 Å². The molecule has 0 N–H and O–H groups in total. The van der Waals surface area contributed by atoms with Crippen molar-refractivity contribution < 1.29 is 9.21 Å². The van der Waals surface area contributed by atoms with Crippen LogP contribution in [0.4, 0.5) is 0 Å². The van der Waals surface area contributed by atoms with E-state index < -0.39 is 5.91 Å². The van der Waals surface area contributed by atoms with Gasteiger partial charge in [0, 0.05) is 22.5 Å². The summed E-state index contributed by atoms with van der Waals surface area (Å²) in [6.45, 7) is 6.42. The number of benzene rings is 3. The normalized spacial score (nSPS) is 11.0. The van der Waals surface area contributed by atoms with E-state index in [1.165, 1.54) is 27.8 Å². The molecule has 0 aliphatic heterocycles. The van der Waals surface area contributed by atoms with Gasteiger partial charge >= 0.3 is 0 Å². The van der Waals surface area contributed by atoms with Gasteiger partial charge in [-0.15, -0.1) is 4.91 Å². The van der Waals surface area contributed by atoms with Crippen molar-refractivity contribution in [1.29, 1.82) is 0 Å². The number of nitroso groups, excluding NO2 is 1. The number of hydrogen-bond donors (Lipinski definition) is 0. The van der Waals surface area contributed by atoms with Crippen molar-refractivity contribution >= 4 is 16.9 Å². The van der Waals surface area contributed by atoms with Gasteiger partial charge in [-0.3, -0.25) is 4.79 Å². The van der Waals surface area contributed by atoms with Crippen molar-refractivity contribution in [3.8, 4) is 22.5 Å². The Morgan fingerprint density at radius 2 is 1.63 bits per heavy atom. The molecule has 0 atom stereocenters. The molecule has 0 radical (unpaired) electrons. The van der Waals surface area contributed by atoms with Gasteiger partial charge in [-0.1, -0.05) is 42.0 Å². The van der Waals surface area contributed by atoms with Crippen LogP contribution >= 0.6 is 0 Å². The molecule has 0 saturated carbocycles. The largest absolute Gasteiger partial charge is 0.456 e. The highest BCUT2D eigenvalue weighted by atomic mass is 16.3. The van der Waals surface area contributed by atoms with E-state index in [-0.39, 0.29) is 6.42 Å². The fraction of sp³-hybridized carbons (Fsp3) is 0.192. The van der Waals surface area contributed by atoms with Crippen LogP contribution in [0, 0.1) is 25.7 Å². The van der Waals surface area contributed by atoms with Gasteiger partial charge in [0.05, 0.1) is 0 Å². The lowest BCUT2D eigenvalue weighted by Gasteiger charge is -2.12. The fourth-order valence-electron chi connectivity index (χ4n) is 4.15. The average Bonchev–Trinajstić information content (AvgIpc) is 3.15. The van der Waals surface area contributed by atoms with Crippen LogP contribution in [-0.4, -0.2) is 5.91 Å². The molecule has 0 aliphatic rings. The summed E-state index contributed by atoms with van der Waals surface area (Å²) >= 11 is 0. The quantitative estimate of drug-likeness (QED) is 0.343. The number of carbonyl (C=O) groups excluding carboxylic acids is 1. The van der Waals surface area contributed by atoms with Crippen LogP contribution in [-0.2, 0) is 11.2 Å². The molecule has 150 valence electrons. The number of carbonyl (C=O) groups is 1. The first-order chi connectivity index (χ1) is 14.4. The van der Waals surface area contributed by atoms with Gasteiger partial charge in [-0.2, -0.15) is 0 Å². The van der Waals surface area contributed by atoms with E-state index in [1.807, 2.05) is 24.3 Å². The van der Waals surface area contributed by atoms with Crippen LogP contribution < -0.4 is 0 Å². The molecule has 4 nitrogen and oxygen atoms in total. The Morgan fingerprint density at radius 3 is 2.37 bits per heavy atom. The maximum Gasteiger partial charge on any atom is 0.286 e. The molecule has 0 aliphatic carbocycles. The highest BCUT2D eigenvalue weighted by molar-refractivity contribution is 5.85. The third-order valence-corrected chi connectivity index (χ3v) is 5.42. The Kier molecular flexibility index (Phi) is 5.32. The molecule has 0 unspecified atom stereocenters. The predicted octanol–water partition coefficient (Wildman–Crippen LogP) is 6.92. The van der Waals surface area contributed by atoms with Crippen LogP contribution in [0.2, 0.25) is 0 Å². The molecule has 4 aromatic rings. The van der Waals surface area contributed by atoms with Crippen LogP contribution in [0.15, 0.2) is 70.3 Å². The number of nitrogens with zero attached hydrogens (tertiary/aromatic N) is 1. The predicted molar refractivity (Wildman–Crippen MR) is 120 cm³/mol. The molecule has 0 fully saturated rings. The lowest BCUT2D eigenvalue weighted by atomic mass is 9.92. The minimum absolute atomic E-state index is 0.122. The Balaban J connectivity index is 1.68. The Morgan fingerprint density at radius 1 is 0.900 bits per heavy atom. The summed E-state index contributed by atoms with van der Waals surface area (Å²) in [5.74, 6) is 0.179. The van der Waals surface area contributed by atoms with E-state index in [1.54, 1.807) is 0 Å². The van der Waals surface area contributed by atoms with Gasteiger partial charge < -0.3 is 4.42 Å². The van der Waals surface area contributed by atoms with Gasteiger partial charge in [0.15, 0.2) is 0 Å². The van der Waals surface area contributed by atoms with E-state index in [0.29, 0.717) is 6.42 Å². The topological polar surface area (TPSA) is 59.6 Å². The third kappa shape index (κ3) is 3.94. The van der Waals surface area contributed by atoms with Crippen molar-refractivity contribution in [3.63, 3.8) is 0 Å². The molecule has 1 heterocycles. The lowest BCUT2D eigenvalue weighted by Crippen LogP contribution is -1.94. The van der Waals surface area contributed by atoms with Crippen molar-refractivity contribution in [2.24, 2.45) is 5.18 Å². The Bertz CT molecular complexity index is 1240. The van der Waals surface area contributed by atoms with Crippen molar-refractivity contribution in [1.82, 2.24) is 0 Å². The smallest absolute Gasteiger partial charge is 0.286 e. The van der Waals surface area contributed by atoms with E-state index >= 15 is 0 Å². The zero-order chi connectivity index (χ0) is 21.3. The molecular weight excluding hydrogens is 374 g/mol. The highest BCUT2D eigenvalue weighted by Crippen LogP contribution is 2.34. The SMILES string of the molecule is Cc1cc(C)c(-c2cccc(-c3cc4cc(CCC(=O)N=O)ccc4o3)c2)c(C)c1. The molecule has 3 aromatic carbocycles. The van der Waals surface area contributed by atoms with Gasteiger partial charge in [-0.25, -0.2) is 0 Å². The van der Waals surface area contributed by atoms with Crippen molar-refractivity contribution in [2.75, 3.05) is 0 Å². The van der Waals surface area contributed by atoms with Crippen LogP contribution in [0.3, 0.4) is 0 Å². The number of rotatable bonds is 5. The first-order valence-electron chi connectivity index (χ1n) is 10.0. The number of furan rings is 1.